The molecule has 0 N–H and O–H groups in total. The van der Waals surface area contributed by atoms with E-state index in [1.165, 1.54) is 27.4 Å². The SMILES string of the molecule is c1ccc(-n2c3ccc(-c4ccc5c(c4)c4ccccc4n5-c4ccc(-c5cccc6c5oc5ccccc56)cc4)cc3n3c4ccccc4nc23)cc1. The van der Waals surface area contributed by atoms with Gasteiger partial charge in [0.05, 0.1) is 33.1 Å². The number of para-hydroxylation sites is 6. The Bertz CT molecular complexity index is 3430. The van der Waals surface area contributed by atoms with Gasteiger partial charge < -0.3 is 8.98 Å². The molecule has 0 spiro atoms. The van der Waals surface area contributed by atoms with Crippen LogP contribution in [0.1, 0.15) is 0 Å². The van der Waals surface area contributed by atoms with E-state index in [1.54, 1.807) is 0 Å². The summed E-state index contributed by atoms with van der Waals surface area (Å²) in [5.41, 5.74) is 15.3. The molecule has 0 aliphatic rings. The van der Waals surface area contributed by atoms with Gasteiger partial charge in [-0.15, -0.1) is 0 Å². The van der Waals surface area contributed by atoms with Crippen LogP contribution in [0.5, 0.6) is 0 Å². The third-order valence-corrected chi connectivity index (χ3v) is 11.1. The third-order valence-electron chi connectivity index (χ3n) is 11.1. The molecule has 0 aliphatic heterocycles. The van der Waals surface area contributed by atoms with Crippen LogP contribution < -0.4 is 0 Å². The molecule has 8 aromatic carbocycles. The summed E-state index contributed by atoms with van der Waals surface area (Å²) >= 11 is 0. The molecule has 0 saturated carbocycles. The van der Waals surface area contributed by atoms with E-state index in [0.717, 1.165) is 77.8 Å². The van der Waals surface area contributed by atoms with E-state index >= 15 is 0 Å². The van der Waals surface area contributed by atoms with Gasteiger partial charge in [0.15, 0.2) is 0 Å². The first kappa shape index (κ1) is 29.2. The average Bonchev–Trinajstić information content (AvgIpc) is 3.98. The Morgan fingerprint density at radius 3 is 1.91 bits per heavy atom. The predicted octanol–water partition coefficient (Wildman–Crippen LogP) is 12.8. The number of hydrogen-bond donors (Lipinski definition) is 0. The second kappa shape index (κ2) is 11.1. The molecule has 252 valence electrons. The van der Waals surface area contributed by atoms with Crippen molar-refractivity contribution in [3.8, 4) is 33.6 Å². The normalized spacial score (nSPS) is 12.1. The highest BCUT2D eigenvalue weighted by atomic mass is 16.3. The Morgan fingerprint density at radius 1 is 0.389 bits per heavy atom. The third kappa shape index (κ3) is 4.12. The van der Waals surface area contributed by atoms with E-state index in [-0.39, 0.29) is 0 Å². The van der Waals surface area contributed by atoms with Crippen LogP contribution in [0.4, 0.5) is 0 Å². The van der Waals surface area contributed by atoms with Crippen molar-refractivity contribution in [2.75, 3.05) is 0 Å². The Balaban J connectivity index is 1.00. The van der Waals surface area contributed by atoms with Crippen LogP contribution in [0.25, 0.3) is 105 Å². The van der Waals surface area contributed by atoms with Gasteiger partial charge in [0.25, 0.3) is 0 Å². The van der Waals surface area contributed by atoms with Crippen molar-refractivity contribution in [2.45, 2.75) is 0 Å². The number of hydrogen-bond acceptors (Lipinski definition) is 2. The fraction of sp³-hybridized carbons (Fsp3) is 0. The number of furan rings is 1. The van der Waals surface area contributed by atoms with Crippen molar-refractivity contribution in [3.63, 3.8) is 0 Å². The number of nitrogens with zero attached hydrogens (tertiary/aromatic N) is 4. The van der Waals surface area contributed by atoms with E-state index < -0.39 is 0 Å². The molecule has 0 radical (unpaired) electrons. The Kier molecular flexibility index (Phi) is 5.99. The molecule has 54 heavy (non-hydrogen) atoms. The summed E-state index contributed by atoms with van der Waals surface area (Å²) in [5, 5.41) is 4.73. The second-order valence-electron chi connectivity index (χ2n) is 14.0. The van der Waals surface area contributed by atoms with Crippen molar-refractivity contribution in [3.05, 3.63) is 182 Å². The van der Waals surface area contributed by atoms with E-state index in [4.69, 9.17) is 9.40 Å². The van der Waals surface area contributed by atoms with E-state index in [1.807, 2.05) is 12.1 Å². The van der Waals surface area contributed by atoms with Gasteiger partial charge in [0, 0.05) is 38.5 Å². The zero-order chi connectivity index (χ0) is 35.3. The predicted molar refractivity (Wildman–Crippen MR) is 222 cm³/mol. The maximum atomic E-state index is 6.37. The van der Waals surface area contributed by atoms with Gasteiger partial charge in [-0.2, -0.15) is 0 Å². The van der Waals surface area contributed by atoms with Crippen LogP contribution >= 0.6 is 0 Å². The Hall–Kier alpha value is -7.37. The first-order valence-electron chi connectivity index (χ1n) is 18.3. The van der Waals surface area contributed by atoms with Gasteiger partial charge in [0.2, 0.25) is 5.78 Å². The lowest BCUT2D eigenvalue weighted by Gasteiger charge is -2.10. The van der Waals surface area contributed by atoms with E-state index in [0.29, 0.717) is 0 Å². The van der Waals surface area contributed by atoms with Gasteiger partial charge >= 0.3 is 0 Å². The fourth-order valence-corrected chi connectivity index (χ4v) is 8.61. The number of imidazole rings is 2. The maximum absolute atomic E-state index is 6.37. The number of fused-ring (bicyclic) bond motifs is 11. The minimum Gasteiger partial charge on any atom is -0.455 e. The Labute approximate surface area is 309 Å². The van der Waals surface area contributed by atoms with Crippen molar-refractivity contribution in [1.82, 2.24) is 18.5 Å². The van der Waals surface area contributed by atoms with Crippen molar-refractivity contribution >= 4 is 71.6 Å². The van der Waals surface area contributed by atoms with Crippen LogP contribution in [-0.2, 0) is 0 Å². The van der Waals surface area contributed by atoms with Crippen molar-refractivity contribution < 1.29 is 4.42 Å². The van der Waals surface area contributed by atoms with Crippen LogP contribution in [-0.4, -0.2) is 18.5 Å². The topological polar surface area (TPSA) is 40.3 Å². The highest BCUT2D eigenvalue weighted by Crippen LogP contribution is 2.39. The largest absolute Gasteiger partial charge is 0.455 e. The van der Waals surface area contributed by atoms with Crippen LogP contribution in [0, 0.1) is 0 Å². The molecule has 5 heteroatoms. The fourth-order valence-electron chi connectivity index (χ4n) is 8.61. The van der Waals surface area contributed by atoms with Gasteiger partial charge in [-0.1, -0.05) is 109 Å². The highest BCUT2D eigenvalue weighted by Gasteiger charge is 2.19. The summed E-state index contributed by atoms with van der Waals surface area (Å²) in [6, 6.07) is 64.8. The summed E-state index contributed by atoms with van der Waals surface area (Å²) in [6.45, 7) is 0. The first-order chi connectivity index (χ1) is 26.8. The van der Waals surface area contributed by atoms with E-state index in [9.17, 15) is 0 Å². The molecule has 5 nitrogen and oxygen atoms in total. The first-order valence-corrected chi connectivity index (χ1v) is 18.3. The lowest BCUT2D eigenvalue weighted by molar-refractivity contribution is 0.670. The van der Waals surface area contributed by atoms with Gasteiger partial charge in [-0.3, -0.25) is 8.97 Å². The van der Waals surface area contributed by atoms with Crippen molar-refractivity contribution in [1.29, 1.82) is 0 Å². The summed E-state index contributed by atoms with van der Waals surface area (Å²) in [5.74, 6) is 0.911. The summed E-state index contributed by atoms with van der Waals surface area (Å²) in [6.07, 6.45) is 0. The molecule has 4 heterocycles. The number of aromatic nitrogens is 4. The zero-order valence-corrected chi connectivity index (χ0v) is 29.0. The van der Waals surface area contributed by atoms with E-state index in [2.05, 4.69) is 183 Å². The van der Waals surface area contributed by atoms with Crippen molar-refractivity contribution in [2.24, 2.45) is 0 Å². The maximum Gasteiger partial charge on any atom is 0.220 e. The monoisotopic (exact) mass is 690 g/mol. The molecule has 0 aliphatic carbocycles. The summed E-state index contributed by atoms with van der Waals surface area (Å²) in [4.78, 5) is 5.10. The molecule has 0 bridgehead atoms. The molecule has 4 aromatic heterocycles. The summed E-state index contributed by atoms with van der Waals surface area (Å²) in [7, 11) is 0. The molecule has 12 rings (SSSR count). The minimum atomic E-state index is 0.911. The molecule has 0 atom stereocenters. The molecule has 0 amide bonds. The molecular formula is C49H30N4O. The number of benzene rings is 8. The lowest BCUT2D eigenvalue weighted by atomic mass is 10.0. The quantitative estimate of drug-likeness (QED) is 0.184. The molecule has 0 saturated heterocycles. The van der Waals surface area contributed by atoms with Crippen LogP contribution in [0.15, 0.2) is 186 Å². The van der Waals surface area contributed by atoms with Crippen LogP contribution in [0.2, 0.25) is 0 Å². The van der Waals surface area contributed by atoms with Gasteiger partial charge in [-0.05, 0) is 89.5 Å². The molecule has 12 aromatic rings. The summed E-state index contributed by atoms with van der Waals surface area (Å²) < 4.78 is 13.3. The average molecular weight is 691 g/mol. The highest BCUT2D eigenvalue weighted by molar-refractivity contribution is 6.11. The second-order valence-corrected chi connectivity index (χ2v) is 14.0. The molecular weight excluding hydrogens is 661 g/mol. The zero-order valence-electron chi connectivity index (χ0n) is 29.0. The molecule has 0 fully saturated rings. The van der Waals surface area contributed by atoms with Gasteiger partial charge in [-0.25, -0.2) is 4.98 Å². The number of rotatable bonds is 4. The smallest absolute Gasteiger partial charge is 0.220 e. The van der Waals surface area contributed by atoms with Gasteiger partial charge in [0.1, 0.15) is 11.2 Å². The minimum absolute atomic E-state index is 0.911. The van der Waals surface area contributed by atoms with Crippen LogP contribution in [0.3, 0.4) is 0 Å². The standard InChI is InChI=1S/C49H30N4O/c1-2-11-34(12-3-1)52-45-28-24-33(30-46(45)53-44-19-8-6-17-41(44)50-49(52)53)32-23-27-43-40(29-32)37-13-4-7-18-42(37)51(43)35-25-21-31(22-26-35)36-15-10-16-39-38-14-5-9-20-47(38)54-48(36)39/h1-30H. The molecule has 0 unspecified atom stereocenters. The Morgan fingerprint density at radius 2 is 1.04 bits per heavy atom. The lowest BCUT2D eigenvalue weighted by Crippen LogP contribution is -1.94.